The SMILES string of the molecule is CC[C@H](C(=O)NC)N(Cc1ccc(OC)cc1)C(=O)CCCN(c1ccc(C)c(C)c1)S(C)(=O)=O. The molecule has 0 spiro atoms. The minimum absolute atomic E-state index is 0.112. The average molecular weight is 504 g/mol. The lowest BCUT2D eigenvalue weighted by Crippen LogP contribution is -2.48. The van der Waals surface area contributed by atoms with E-state index >= 15 is 0 Å². The van der Waals surface area contributed by atoms with E-state index in [0.29, 0.717) is 24.3 Å². The van der Waals surface area contributed by atoms with E-state index in [0.717, 1.165) is 16.7 Å². The molecule has 35 heavy (non-hydrogen) atoms. The zero-order chi connectivity index (χ0) is 26.2. The van der Waals surface area contributed by atoms with Crippen molar-refractivity contribution in [3.05, 3.63) is 59.2 Å². The molecule has 0 aliphatic rings. The number of likely N-dealkylation sites (N-methyl/N-ethyl adjacent to an activating group) is 1. The largest absolute Gasteiger partial charge is 0.497 e. The van der Waals surface area contributed by atoms with Crippen molar-refractivity contribution in [2.24, 2.45) is 0 Å². The van der Waals surface area contributed by atoms with Gasteiger partial charge >= 0.3 is 0 Å². The normalized spacial score (nSPS) is 12.1. The number of hydrogen-bond donors (Lipinski definition) is 1. The average Bonchev–Trinajstić information content (AvgIpc) is 2.82. The smallest absolute Gasteiger partial charge is 0.242 e. The van der Waals surface area contributed by atoms with Crippen molar-refractivity contribution in [3.8, 4) is 5.75 Å². The molecule has 0 saturated heterocycles. The van der Waals surface area contributed by atoms with Crippen LogP contribution < -0.4 is 14.4 Å². The predicted octanol–water partition coefficient (Wildman–Crippen LogP) is 3.41. The van der Waals surface area contributed by atoms with Crippen molar-refractivity contribution in [3.63, 3.8) is 0 Å². The third-order valence-electron chi connectivity index (χ3n) is 6.07. The van der Waals surface area contributed by atoms with Gasteiger partial charge in [0, 0.05) is 26.6 Å². The molecule has 0 heterocycles. The minimum Gasteiger partial charge on any atom is -0.497 e. The van der Waals surface area contributed by atoms with Gasteiger partial charge in [-0.3, -0.25) is 13.9 Å². The van der Waals surface area contributed by atoms with Gasteiger partial charge in [-0.25, -0.2) is 8.42 Å². The summed E-state index contributed by atoms with van der Waals surface area (Å²) in [5, 5.41) is 2.64. The molecule has 0 aromatic heterocycles. The van der Waals surface area contributed by atoms with Crippen molar-refractivity contribution in [2.75, 3.05) is 31.3 Å². The number of hydrogen-bond acceptors (Lipinski definition) is 5. The molecule has 192 valence electrons. The molecular formula is C26H37N3O5S. The first kappa shape index (κ1) is 28.2. The fraction of sp³-hybridized carbons (Fsp3) is 0.462. The Hall–Kier alpha value is -3.07. The van der Waals surface area contributed by atoms with E-state index in [1.165, 1.54) is 10.6 Å². The quantitative estimate of drug-likeness (QED) is 0.479. The molecule has 0 bridgehead atoms. The number of aryl methyl sites for hydroxylation is 2. The van der Waals surface area contributed by atoms with Crippen molar-refractivity contribution in [1.29, 1.82) is 0 Å². The minimum atomic E-state index is -3.53. The molecule has 9 heteroatoms. The third kappa shape index (κ3) is 7.71. The lowest BCUT2D eigenvalue weighted by Gasteiger charge is -2.31. The number of benzene rings is 2. The van der Waals surface area contributed by atoms with Gasteiger partial charge in [0.2, 0.25) is 21.8 Å². The van der Waals surface area contributed by atoms with E-state index in [-0.39, 0.29) is 31.3 Å². The summed E-state index contributed by atoms with van der Waals surface area (Å²) in [4.78, 5) is 27.4. The van der Waals surface area contributed by atoms with E-state index in [1.807, 2.05) is 57.2 Å². The zero-order valence-electron chi connectivity index (χ0n) is 21.5. The Morgan fingerprint density at radius 2 is 1.71 bits per heavy atom. The van der Waals surface area contributed by atoms with Crippen LogP contribution in [0.15, 0.2) is 42.5 Å². The van der Waals surface area contributed by atoms with Crippen molar-refractivity contribution < 1.29 is 22.7 Å². The van der Waals surface area contributed by atoms with Gasteiger partial charge in [-0.15, -0.1) is 0 Å². The van der Waals surface area contributed by atoms with Crippen LogP contribution in [0.1, 0.15) is 42.9 Å². The standard InChI is InChI=1S/C26H37N3O5S/c1-7-24(26(31)27-4)28(18-21-11-14-23(34-5)15-12-21)25(30)9-8-16-29(35(6,32)33)22-13-10-19(2)20(3)17-22/h10-15,17,24H,7-9,16,18H2,1-6H3,(H,27,31)/t24-/m1/s1. The molecule has 2 rings (SSSR count). The predicted molar refractivity (Wildman–Crippen MR) is 139 cm³/mol. The number of nitrogens with one attached hydrogen (secondary N) is 1. The fourth-order valence-electron chi connectivity index (χ4n) is 3.90. The zero-order valence-corrected chi connectivity index (χ0v) is 22.3. The van der Waals surface area contributed by atoms with Gasteiger partial charge in [-0.2, -0.15) is 0 Å². The molecule has 1 atom stereocenters. The van der Waals surface area contributed by atoms with E-state index < -0.39 is 16.1 Å². The number of methoxy groups -OCH3 is 1. The number of nitrogens with zero attached hydrogens (tertiary/aromatic N) is 2. The lowest BCUT2D eigenvalue weighted by molar-refractivity contribution is -0.141. The number of carbonyl (C=O) groups excluding carboxylic acids is 2. The van der Waals surface area contributed by atoms with E-state index in [1.54, 1.807) is 25.1 Å². The molecule has 2 amide bonds. The van der Waals surface area contributed by atoms with Crippen LogP contribution in [0.2, 0.25) is 0 Å². The van der Waals surface area contributed by atoms with Crippen molar-refractivity contribution >= 4 is 27.5 Å². The van der Waals surface area contributed by atoms with Crippen LogP contribution >= 0.6 is 0 Å². The number of rotatable bonds is 12. The van der Waals surface area contributed by atoms with E-state index in [9.17, 15) is 18.0 Å². The molecule has 0 unspecified atom stereocenters. The molecule has 2 aromatic carbocycles. The summed E-state index contributed by atoms with van der Waals surface area (Å²) >= 11 is 0. The second-order valence-electron chi connectivity index (χ2n) is 8.62. The van der Waals surface area contributed by atoms with Gasteiger partial charge in [0.05, 0.1) is 19.1 Å². The maximum Gasteiger partial charge on any atom is 0.242 e. The first-order valence-corrected chi connectivity index (χ1v) is 13.6. The highest BCUT2D eigenvalue weighted by molar-refractivity contribution is 7.92. The molecule has 1 N–H and O–H groups in total. The third-order valence-corrected chi connectivity index (χ3v) is 7.27. The maximum absolute atomic E-state index is 13.3. The van der Waals surface area contributed by atoms with Gasteiger partial charge in [-0.05, 0) is 67.6 Å². The Kier molecular flexibility index (Phi) is 10.1. The number of amides is 2. The number of ether oxygens (including phenoxy) is 1. The summed E-state index contributed by atoms with van der Waals surface area (Å²) in [5.74, 6) is 0.268. The van der Waals surface area contributed by atoms with Gasteiger partial charge in [0.1, 0.15) is 11.8 Å². The van der Waals surface area contributed by atoms with Crippen LogP contribution in [0.3, 0.4) is 0 Å². The van der Waals surface area contributed by atoms with Gasteiger partial charge in [0.25, 0.3) is 0 Å². The Morgan fingerprint density at radius 3 is 2.23 bits per heavy atom. The Bertz CT molecular complexity index is 1120. The number of anilines is 1. The molecular weight excluding hydrogens is 466 g/mol. The molecule has 8 nitrogen and oxygen atoms in total. The topological polar surface area (TPSA) is 96.0 Å². The van der Waals surface area contributed by atoms with Crippen molar-refractivity contribution in [1.82, 2.24) is 10.2 Å². The fourth-order valence-corrected chi connectivity index (χ4v) is 4.86. The summed E-state index contributed by atoms with van der Waals surface area (Å²) in [6, 6.07) is 12.2. The van der Waals surface area contributed by atoms with Crippen LogP contribution in [0.5, 0.6) is 5.75 Å². The first-order chi connectivity index (χ1) is 16.5. The molecule has 2 aromatic rings. The first-order valence-electron chi connectivity index (χ1n) is 11.7. The summed E-state index contributed by atoms with van der Waals surface area (Å²) in [5.41, 5.74) is 3.52. The number of carbonyl (C=O) groups is 2. The van der Waals surface area contributed by atoms with Crippen LogP contribution in [0.4, 0.5) is 5.69 Å². The highest BCUT2D eigenvalue weighted by Gasteiger charge is 2.28. The Labute approximate surface area is 209 Å². The molecule has 0 aliphatic heterocycles. The van der Waals surface area contributed by atoms with Gasteiger partial charge in [-0.1, -0.05) is 25.1 Å². The molecule has 0 radical (unpaired) electrons. The van der Waals surface area contributed by atoms with E-state index in [2.05, 4.69) is 5.32 Å². The van der Waals surface area contributed by atoms with Crippen LogP contribution in [-0.2, 0) is 26.2 Å². The second-order valence-corrected chi connectivity index (χ2v) is 10.5. The second kappa shape index (κ2) is 12.6. The monoisotopic (exact) mass is 503 g/mol. The molecule has 0 fully saturated rings. The Balaban J connectivity index is 2.20. The van der Waals surface area contributed by atoms with Crippen LogP contribution in [-0.4, -0.2) is 58.1 Å². The summed E-state index contributed by atoms with van der Waals surface area (Å²) in [7, 11) is -0.392. The maximum atomic E-state index is 13.3. The Morgan fingerprint density at radius 1 is 1.06 bits per heavy atom. The van der Waals surface area contributed by atoms with Gasteiger partial charge in [0.15, 0.2) is 0 Å². The summed E-state index contributed by atoms with van der Waals surface area (Å²) in [6.07, 6.45) is 2.06. The van der Waals surface area contributed by atoms with E-state index in [4.69, 9.17) is 4.74 Å². The summed E-state index contributed by atoms with van der Waals surface area (Å²) < 4.78 is 31.5. The highest BCUT2D eigenvalue weighted by Crippen LogP contribution is 2.22. The highest BCUT2D eigenvalue weighted by atomic mass is 32.2. The van der Waals surface area contributed by atoms with Crippen LogP contribution in [0.25, 0.3) is 0 Å². The van der Waals surface area contributed by atoms with Crippen LogP contribution in [0, 0.1) is 13.8 Å². The molecule has 0 saturated carbocycles. The van der Waals surface area contributed by atoms with Gasteiger partial charge < -0.3 is 15.0 Å². The molecule has 0 aliphatic carbocycles. The van der Waals surface area contributed by atoms with Crippen molar-refractivity contribution in [2.45, 2.75) is 52.6 Å². The summed E-state index contributed by atoms with van der Waals surface area (Å²) in [6.45, 7) is 6.20. The lowest BCUT2D eigenvalue weighted by atomic mass is 10.1. The number of sulfonamides is 1.